The van der Waals surface area contributed by atoms with Crippen LogP contribution in [0.1, 0.15) is 17.5 Å². The van der Waals surface area contributed by atoms with Gasteiger partial charge in [-0.05, 0) is 71.0 Å². The van der Waals surface area contributed by atoms with Gasteiger partial charge < -0.3 is 20.7 Å². The van der Waals surface area contributed by atoms with Crippen LogP contribution in [0.25, 0.3) is 5.70 Å². The Labute approximate surface area is 183 Å². The van der Waals surface area contributed by atoms with E-state index >= 15 is 0 Å². The van der Waals surface area contributed by atoms with Crippen molar-refractivity contribution >= 4 is 40.7 Å². The molecule has 5 nitrogen and oxygen atoms in total. The zero-order valence-corrected chi connectivity index (χ0v) is 17.8. The third-order valence-corrected chi connectivity index (χ3v) is 5.40. The van der Waals surface area contributed by atoms with E-state index in [1.807, 2.05) is 29.7 Å². The van der Waals surface area contributed by atoms with Crippen LogP contribution < -0.4 is 20.7 Å². The van der Waals surface area contributed by atoms with Crippen molar-refractivity contribution < 1.29 is 18.3 Å². The average Bonchev–Trinajstić information content (AvgIpc) is 3.19. The Balaban J connectivity index is 1.41. The van der Waals surface area contributed by atoms with E-state index in [1.54, 1.807) is 31.4 Å². The van der Waals surface area contributed by atoms with Gasteiger partial charge in [0.1, 0.15) is 5.75 Å². The highest BCUT2D eigenvalue weighted by Gasteiger charge is 2.23. The molecule has 1 heterocycles. The number of hydrogen-bond acceptors (Lipinski definition) is 5. The zero-order valence-electron chi connectivity index (χ0n) is 16.3. The van der Waals surface area contributed by atoms with Crippen LogP contribution in [0, 0.1) is 0 Å². The van der Waals surface area contributed by atoms with Crippen LogP contribution in [-0.2, 0) is 11.2 Å². The third kappa shape index (κ3) is 6.81. The van der Waals surface area contributed by atoms with E-state index in [9.17, 15) is 13.6 Å². The van der Waals surface area contributed by atoms with Crippen molar-refractivity contribution in [1.82, 2.24) is 10.6 Å². The summed E-state index contributed by atoms with van der Waals surface area (Å²) in [5.74, 6) is 0.712. The first kappa shape index (κ1) is 22.2. The van der Waals surface area contributed by atoms with Crippen LogP contribution in [0.3, 0.4) is 0 Å². The smallest absolute Gasteiger partial charge is 0.338 e. The lowest BCUT2D eigenvalue weighted by molar-refractivity contribution is -0.121. The predicted molar refractivity (Wildman–Crippen MR) is 118 cm³/mol. The number of rotatable bonds is 9. The second kappa shape index (κ2) is 10.0. The maximum atomic E-state index is 12.7. The number of aryl methyl sites for hydroxylation is 1. The standard InChI is InChI=1S/C21H22ClF2N3O2S/c1-29-17-9-5-15(6-10-17)18-12-30-20(26-18)27-19(28)11-4-14-2-7-16(8-3-14)25-13-21(22,23)24/h2-3,5-10,12,20,25-26H,4,11,13H2,1H3,(H,27,28). The SMILES string of the molecule is COc1ccc(C2=CSC(NC(=O)CCc3ccc(NCC(F)(F)Cl)cc3)N2)cc1. The quantitative estimate of drug-likeness (QED) is 0.484. The molecule has 2 aromatic carbocycles. The van der Waals surface area contributed by atoms with Crippen molar-refractivity contribution in [3.8, 4) is 5.75 Å². The first-order valence-corrected chi connectivity index (χ1v) is 10.6. The number of nitrogens with one attached hydrogen (secondary N) is 3. The molecule has 0 spiro atoms. The molecule has 0 aromatic heterocycles. The zero-order chi connectivity index (χ0) is 21.6. The normalized spacial score (nSPS) is 15.9. The van der Waals surface area contributed by atoms with Crippen molar-refractivity contribution in [2.45, 2.75) is 23.7 Å². The lowest BCUT2D eigenvalue weighted by Crippen LogP contribution is -2.39. The van der Waals surface area contributed by atoms with Gasteiger partial charge in [-0.25, -0.2) is 0 Å². The number of anilines is 1. The van der Waals surface area contributed by atoms with Crippen molar-refractivity contribution in [3.63, 3.8) is 0 Å². The van der Waals surface area contributed by atoms with Crippen LogP contribution in [0.5, 0.6) is 5.75 Å². The second-order valence-corrected chi connectivity index (χ2v) is 8.19. The molecule has 0 aliphatic carbocycles. The number of carbonyl (C=O) groups excluding carboxylic acids is 1. The summed E-state index contributed by atoms with van der Waals surface area (Å²) in [6, 6.07) is 14.7. The number of methoxy groups -OCH3 is 1. The molecule has 0 saturated heterocycles. The fourth-order valence-corrected chi connectivity index (χ4v) is 3.74. The number of carbonyl (C=O) groups is 1. The lowest BCUT2D eigenvalue weighted by atomic mass is 10.1. The van der Waals surface area contributed by atoms with Gasteiger partial charge in [0.2, 0.25) is 5.91 Å². The summed E-state index contributed by atoms with van der Waals surface area (Å²) in [5, 5.41) is 7.48. The van der Waals surface area contributed by atoms with Crippen molar-refractivity contribution in [1.29, 1.82) is 0 Å². The summed E-state index contributed by atoms with van der Waals surface area (Å²) in [4.78, 5) is 12.3. The first-order valence-electron chi connectivity index (χ1n) is 9.28. The highest BCUT2D eigenvalue weighted by atomic mass is 35.5. The Morgan fingerprint density at radius 1 is 1.20 bits per heavy atom. The molecular weight excluding hydrogens is 432 g/mol. The largest absolute Gasteiger partial charge is 0.497 e. The molecule has 9 heteroatoms. The minimum absolute atomic E-state index is 0.0756. The molecule has 0 fully saturated rings. The number of halogens is 3. The molecule has 0 saturated carbocycles. The summed E-state index contributed by atoms with van der Waals surface area (Å²) in [6.45, 7) is -0.644. The summed E-state index contributed by atoms with van der Waals surface area (Å²) < 4.78 is 30.5. The minimum atomic E-state index is -3.29. The van der Waals surface area contributed by atoms with Gasteiger partial charge in [-0.3, -0.25) is 4.79 Å². The lowest BCUT2D eigenvalue weighted by Gasteiger charge is -2.15. The van der Waals surface area contributed by atoms with Crippen molar-refractivity contribution in [2.75, 3.05) is 19.0 Å². The number of thioether (sulfide) groups is 1. The van der Waals surface area contributed by atoms with Crippen molar-refractivity contribution in [2.24, 2.45) is 0 Å². The van der Waals surface area contributed by atoms with E-state index in [0.717, 1.165) is 22.6 Å². The Hall–Kier alpha value is -2.45. The third-order valence-electron chi connectivity index (χ3n) is 4.39. The van der Waals surface area contributed by atoms with Gasteiger partial charge >= 0.3 is 5.38 Å². The van der Waals surface area contributed by atoms with Gasteiger partial charge in [0.15, 0.2) is 5.50 Å². The maximum absolute atomic E-state index is 12.7. The summed E-state index contributed by atoms with van der Waals surface area (Å²) >= 11 is 6.37. The first-order chi connectivity index (χ1) is 14.3. The fraction of sp³-hybridized carbons (Fsp3) is 0.286. The molecular formula is C21H22ClF2N3O2S. The Bertz CT molecular complexity index is 887. The van der Waals surface area contributed by atoms with E-state index in [4.69, 9.17) is 16.3 Å². The van der Waals surface area contributed by atoms with E-state index in [2.05, 4.69) is 16.0 Å². The van der Waals surface area contributed by atoms with Crippen LogP contribution in [0.4, 0.5) is 14.5 Å². The molecule has 1 aliphatic heterocycles. The van der Waals surface area contributed by atoms with Gasteiger partial charge in [0.05, 0.1) is 19.4 Å². The van der Waals surface area contributed by atoms with Crippen molar-refractivity contribution in [3.05, 3.63) is 65.1 Å². The number of hydrogen-bond donors (Lipinski definition) is 3. The highest BCUT2D eigenvalue weighted by Crippen LogP contribution is 2.27. The summed E-state index contributed by atoms with van der Waals surface area (Å²) in [7, 11) is 1.62. The van der Waals surface area contributed by atoms with Crippen LogP contribution in [0.2, 0.25) is 0 Å². The van der Waals surface area contributed by atoms with E-state index in [0.29, 0.717) is 18.5 Å². The fourth-order valence-electron chi connectivity index (χ4n) is 2.81. The Morgan fingerprint density at radius 3 is 2.53 bits per heavy atom. The van der Waals surface area contributed by atoms with Crippen LogP contribution in [-0.4, -0.2) is 30.4 Å². The second-order valence-electron chi connectivity index (χ2n) is 6.65. The van der Waals surface area contributed by atoms with Crippen LogP contribution in [0.15, 0.2) is 53.9 Å². The number of ether oxygens (including phenoxy) is 1. The van der Waals surface area contributed by atoms with E-state index in [-0.39, 0.29) is 11.4 Å². The highest BCUT2D eigenvalue weighted by molar-refractivity contribution is 8.03. The van der Waals surface area contributed by atoms with E-state index in [1.165, 1.54) is 11.8 Å². The molecule has 160 valence electrons. The molecule has 0 radical (unpaired) electrons. The summed E-state index contributed by atoms with van der Waals surface area (Å²) in [6.07, 6.45) is 0.872. The Kier molecular flexibility index (Phi) is 7.44. The molecule has 1 atom stereocenters. The molecule has 30 heavy (non-hydrogen) atoms. The average molecular weight is 454 g/mol. The van der Waals surface area contributed by atoms with Gasteiger partial charge in [-0.1, -0.05) is 23.9 Å². The molecule has 1 amide bonds. The Morgan fingerprint density at radius 2 is 1.90 bits per heavy atom. The summed E-state index contributed by atoms with van der Waals surface area (Å²) in [5.41, 5.74) is 3.22. The molecule has 2 aromatic rings. The van der Waals surface area contributed by atoms with Gasteiger partial charge in [-0.2, -0.15) is 8.78 Å². The predicted octanol–water partition coefficient (Wildman–Crippen LogP) is 4.61. The van der Waals surface area contributed by atoms with Gasteiger partial charge in [0.25, 0.3) is 0 Å². The minimum Gasteiger partial charge on any atom is -0.497 e. The molecule has 0 bridgehead atoms. The molecule has 3 rings (SSSR count). The molecule has 3 N–H and O–H groups in total. The number of amides is 1. The van der Waals surface area contributed by atoms with Gasteiger partial charge in [-0.15, -0.1) is 0 Å². The van der Waals surface area contributed by atoms with Crippen LogP contribution >= 0.6 is 23.4 Å². The molecule has 1 unspecified atom stereocenters. The topological polar surface area (TPSA) is 62.4 Å². The monoisotopic (exact) mass is 453 g/mol. The van der Waals surface area contributed by atoms with E-state index < -0.39 is 11.9 Å². The number of alkyl halides is 3. The van der Waals surface area contributed by atoms with Gasteiger partial charge in [0, 0.05) is 12.1 Å². The number of benzene rings is 2. The maximum Gasteiger partial charge on any atom is 0.338 e. The molecule has 1 aliphatic rings.